The van der Waals surface area contributed by atoms with Gasteiger partial charge in [0, 0.05) is 16.2 Å². The zero-order valence-electron chi connectivity index (χ0n) is 7.65. The molecule has 0 saturated carbocycles. The molecule has 0 aliphatic rings. The lowest BCUT2D eigenvalue weighted by Gasteiger charge is -2.03. The molecule has 4 nitrogen and oxygen atoms in total. The molecule has 0 fully saturated rings. The minimum absolute atomic E-state index is 0.0719. The van der Waals surface area contributed by atoms with E-state index >= 15 is 0 Å². The Kier molecular flexibility index (Phi) is 3.96. The Hall–Kier alpha value is -0.780. The van der Waals surface area contributed by atoms with E-state index in [1.807, 2.05) is 0 Å². The number of hydrogen-bond acceptors (Lipinski definition) is 4. The van der Waals surface area contributed by atoms with Crippen LogP contribution in [0.3, 0.4) is 0 Å². The normalized spacial score (nSPS) is 12.6. The van der Waals surface area contributed by atoms with Crippen molar-refractivity contribution in [1.29, 1.82) is 0 Å². The fourth-order valence-electron chi connectivity index (χ4n) is 0.979. The van der Waals surface area contributed by atoms with E-state index in [0.29, 0.717) is 0 Å². The van der Waals surface area contributed by atoms with Crippen LogP contribution in [0.2, 0.25) is 0 Å². The van der Waals surface area contributed by atoms with Crippen molar-refractivity contribution in [2.24, 2.45) is 5.16 Å². The van der Waals surface area contributed by atoms with Gasteiger partial charge < -0.3 is 4.84 Å². The molecule has 0 aliphatic heterocycles. The van der Waals surface area contributed by atoms with Crippen LogP contribution in [0.25, 0.3) is 0 Å². The van der Waals surface area contributed by atoms with Gasteiger partial charge >= 0.3 is 0 Å². The summed E-state index contributed by atoms with van der Waals surface area (Å²) >= 11 is 5.72. The maximum absolute atomic E-state index is 11.2. The molecular weight excluding hydrogens is 261 g/mol. The lowest BCUT2D eigenvalue weighted by atomic mass is 10.2. The summed E-state index contributed by atoms with van der Waals surface area (Å²) in [4.78, 5) is 4.34. The predicted octanol–water partition coefficient (Wildman–Crippen LogP) is 2.16. The Balaban J connectivity index is 3.37. The van der Waals surface area contributed by atoms with Gasteiger partial charge in [-0.3, -0.25) is 0 Å². The van der Waals surface area contributed by atoms with Crippen LogP contribution >= 0.6 is 22.3 Å². The fraction of sp³-hybridized carbons (Fsp3) is 0.125. The highest BCUT2D eigenvalue weighted by Gasteiger charge is 2.17. The molecule has 0 radical (unpaired) electrons. The van der Waals surface area contributed by atoms with E-state index < -0.39 is 9.05 Å². The summed E-state index contributed by atoms with van der Waals surface area (Å²) < 4.78 is 22.3. The van der Waals surface area contributed by atoms with E-state index in [4.69, 9.17) is 22.3 Å². The highest BCUT2D eigenvalue weighted by molar-refractivity contribution is 8.13. The van der Waals surface area contributed by atoms with E-state index in [1.165, 1.54) is 25.3 Å². The third-order valence-corrected chi connectivity index (χ3v) is 3.20. The molecule has 82 valence electrons. The van der Waals surface area contributed by atoms with Gasteiger partial charge in [0.2, 0.25) is 0 Å². The molecule has 1 aromatic carbocycles. The average Bonchev–Trinajstić information content (AvgIpc) is 2.17. The van der Waals surface area contributed by atoms with Crippen molar-refractivity contribution in [1.82, 2.24) is 0 Å². The molecule has 15 heavy (non-hydrogen) atoms. The second-order valence-corrected chi connectivity index (χ2v) is 5.39. The van der Waals surface area contributed by atoms with Crippen LogP contribution in [0.15, 0.2) is 34.3 Å². The van der Waals surface area contributed by atoms with E-state index in [0.717, 1.165) is 0 Å². The first-order chi connectivity index (χ1) is 6.96. The minimum atomic E-state index is -3.85. The molecule has 0 bridgehead atoms. The van der Waals surface area contributed by atoms with Crippen molar-refractivity contribution in [3.8, 4) is 0 Å². The van der Waals surface area contributed by atoms with E-state index in [2.05, 4.69) is 9.99 Å². The first-order valence-electron chi connectivity index (χ1n) is 3.77. The molecule has 0 aliphatic carbocycles. The third kappa shape index (κ3) is 3.09. The average molecular weight is 268 g/mol. The SMILES string of the molecule is CON=C(Cl)c1ccccc1S(=O)(=O)Cl. The van der Waals surface area contributed by atoms with Gasteiger partial charge in [-0.1, -0.05) is 35.0 Å². The van der Waals surface area contributed by atoms with Crippen molar-refractivity contribution in [2.45, 2.75) is 4.90 Å². The summed E-state index contributed by atoms with van der Waals surface area (Å²) in [6.45, 7) is 0. The van der Waals surface area contributed by atoms with E-state index in [1.54, 1.807) is 6.07 Å². The molecule has 0 unspecified atom stereocenters. The molecule has 7 heteroatoms. The van der Waals surface area contributed by atoms with Crippen LogP contribution in [0.4, 0.5) is 0 Å². The second kappa shape index (κ2) is 4.83. The molecule has 0 amide bonds. The third-order valence-electron chi connectivity index (χ3n) is 1.54. The van der Waals surface area contributed by atoms with Gasteiger partial charge in [-0.25, -0.2) is 8.42 Å². The molecule has 1 rings (SSSR count). The Labute approximate surface area is 96.9 Å². The summed E-state index contributed by atoms with van der Waals surface area (Å²) in [6.07, 6.45) is 0. The summed E-state index contributed by atoms with van der Waals surface area (Å²) in [5.74, 6) is 0. The van der Waals surface area contributed by atoms with Gasteiger partial charge in [0.15, 0.2) is 5.17 Å². The summed E-state index contributed by atoms with van der Waals surface area (Å²) in [6, 6.07) is 5.98. The quantitative estimate of drug-likeness (QED) is 0.479. The van der Waals surface area contributed by atoms with Crippen molar-refractivity contribution < 1.29 is 13.3 Å². The minimum Gasteiger partial charge on any atom is -0.398 e. The van der Waals surface area contributed by atoms with Gasteiger partial charge in [0.25, 0.3) is 9.05 Å². The maximum atomic E-state index is 11.2. The van der Waals surface area contributed by atoms with Crippen LogP contribution in [-0.4, -0.2) is 20.7 Å². The first kappa shape index (κ1) is 12.3. The van der Waals surface area contributed by atoms with Gasteiger partial charge in [-0.05, 0) is 6.07 Å². The molecule has 0 aromatic heterocycles. The summed E-state index contributed by atoms with van der Waals surface area (Å²) in [5.41, 5.74) is 0.205. The summed E-state index contributed by atoms with van der Waals surface area (Å²) in [7, 11) is 2.69. The lowest BCUT2D eigenvalue weighted by Crippen LogP contribution is -2.01. The molecule has 0 heterocycles. The predicted molar refractivity (Wildman–Crippen MR) is 58.9 cm³/mol. The number of oxime groups is 1. The standard InChI is InChI=1S/C8H7Cl2NO3S/c1-14-11-8(9)6-4-2-3-5-7(6)15(10,12)13/h2-5H,1H3. The monoisotopic (exact) mass is 267 g/mol. The van der Waals surface area contributed by atoms with Gasteiger partial charge in [-0.15, -0.1) is 0 Å². The number of halogens is 2. The first-order valence-corrected chi connectivity index (χ1v) is 6.46. The smallest absolute Gasteiger partial charge is 0.262 e. The second-order valence-electron chi connectivity index (χ2n) is 2.50. The molecule has 0 atom stereocenters. The summed E-state index contributed by atoms with van der Waals surface area (Å²) in [5, 5.41) is 3.36. The highest BCUT2D eigenvalue weighted by Crippen LogP contribution is 2.21. The van der Waals surface area contributed by atoms with Crippen LogP contribution in [-0.2, 0) is 13.9 Å². The molecule has 0 N–H and O–H groups in total. The zero-order chi connectivity index (χ0) is 11.5. The topological polar surface area (TPSA) is 55.7 Å². The van der Waals surface area contributed by atoms with Crippen molar-refractivity contribution >= 4 is 36.5 Å². The maximum Gasteiger partial charge on any atom is 0.262 e. The zero-order valence-corrected chi connectivity index (χ0v) is 9.97. The number of rotatable bonds is 3. The number of benzene rings is 1. The Morgan fingerprint density at radius 2 is 2.00 bits per heavy atom. The molecule has 0 saturated heterocycles. The van der Waals surface area contributed by atoms with E-state index in [9.17, 15) is 8.42 Å². The van der Waals surface area contributed by atoms with Crippen LogP contribution < -0.4 is 0 Å². The molecular formula is C8H7Cl2NO3S. The Bertz CT molecular complexity index is 484. The van der Waals surface area contributed by atoms with Crippen molar-refractivity contribution in [2.75, 3.05) is 7.11 Å². The van der Waals surface area contributed by atoms with Crippen LogP contribution in [0, 0.1) is 0 Å². The largest absolute Gasteiger partial charge is 0.398 e. The van der Waals surface area contributed by atoms with E-state index in [-0.39, 0.29) is 15.6 Å². The highest BCUT2D eigenvalue weighted by atomic mass is 35.7. The lowest BCUT2D eigenvalue weighted by molar-refractivity contribution is 0.214. The van der Waals surface area contributed by atoms with Gasteiger partial charge in [-0.2, -0.15) is 0 Å². The van der Waals surface area contributed by atoms with Crippen LogP contribution in [0.1, 0.15) is 5.56 Å². The fourth-order valence-corrected chi connectivity index (χ4v) is 2.34. The van der Waals surface area contributed by atoms with Crippen LogP contribution in [0.5, 0.6) is 0 Å². The Morgan fingerprint density at radius 1 is 1.40 bits per heavy atom. The van der Waals surface area contributed by atoms with Crippen molar-refractivity contribution in [3.63, 3.8) is 0 Å². The van der Waals surface area contributed by atoms with Crippen molar-refractivity contribution in [3.05, 3.63) is 29.8 Å². The Morgan fingerprint density at radius 3 is 2.53 bits per heavy atom. The molecule has 0 spiro atoms. The number of hydrogen-bond donors (Lipinski definition) is 0. The molecule has 1 aromatic rings. The van der Waals surface area contributed by atoms with Gasteiger partial charge in [0.05, 0.1) is 4.90 Å². The van der Waals surface area contributed by atoms with Gasteiger partial charge in [0.1, 0.15) is 7.11 Å². The number of nitrogens with zero attached hydrogens (tertiary/aromatic N) is 1.